The summed E-state index contributed by atoms with van der Waals surface area (Å²) in [6.07, 6.45) is 0.169. The molecule has 2 aromatic carbocycles. The fourth-order valence-corrected chi connectivity index (χ4v) is 4.90. The number of aromatic hydroxyl groups is 1. The van der Waals surface area contributed by atoms with Crippen LogP contribution in [0.1, 0.15) is 32.5 Å². The highest BCUT2D eigenvalue weighted by Gasteiger charge is 2.34. The molecular weight excluding hydrogens is 406 g/mol. The van der Waals surface area contributed by atoms with Gasteiger partial charge in [0, 0.05) is 22.8 Å². The van der Waals surface area contributed by atoms with Gasteiger partial charge in [-0.2, -0.15) is 0 Å². The van der Waals surface area contributed by atoms with E-state index < -0.39 is 5.97 Å². The number of thiophene rings is 1. The Morgan fingerprint density at radius 2 is 1.87 bits per heavy atom. The van der Waals surface area contributed by atoms with Gasteiger partial charge < -0.3 is 25.0 Å². The quantitative estimate of drug-likeness (QED) is 0.563. The molecule has 30 heavy (non-hydrogen) atoms. The van der Waals surface area contributed by atoms with Crippen molar-refractivity contribution in [3.05, 3.63) is 57.8 Å². The number of phenols is 1. The molecular formula is C22H19NO6S. The van der Waals surface area contributed by atoms with Gasteiger partial charge in [-0.1, -0.05) is 18.2 Å². The monoisotopic (exact) mass is 425 g/mol. The number of carboxylic acid groups (broad SMARTS) is 1. The lowest BCUT2D eigenvalue weighted by atomic mass is 9.88. The van der Waals surface area contributed by atoms with Crippen molar-refractivity contribution in [1.29, 1.82) is 0 Å². The summed E-state index contributed by atoms with van der Waals surface area (Å²) >= 11 is 1.15. The van der Waals surface area contributed by atoms with Crippen LogP contribution < -0.4 is 14.8 Å². The summed E-state index contributed by atoms with van der Waals surface area (Å²) in [5, 5.41) is 22.6. The first kappa shape index (κ1) is 19.8. The van der Waals surface area contributed by atoms with Crippen LogP contribution in [0.2, 0.25) is 0 Å². The van der Waals surface area contributed by atoms with Crippen LogP contribution in [0.4, 0.5) is 5.69 Å². The van der Waals surface area contributed by atoms with Gasteiger partial charge in [-0.25, -0.2) is 4.79 Å². The van der Waals surface area contributed by atoms with Crippen molar-refractivity contribution in [3.63, 3.8) is 0 Å². The molecule has 1 atom stereocenters. The topological polar surface area (TPSA) is 105 Å². The molecule has 154 valence electrons. The number of ether oxygens (including phenoxy) is 2. The van der Waals surface area contributed by atoms with Gasteiger partial charge in [0.05, 0.1) is 19.9 Å². The highest BCUT2D eigenvalue weighted by molar-refractivity contribution is 7.15. The second kappa shape index (κ2) is 7.72. The number of nitrogens with one attached hydrogen (secondary N) is 1. The van der Waals surface area contributed by atoms with Crippen LogP contribution in [0.5, 0.6) is 17.2 Å². The largest absolute Gasteiger partial charge is 0.504 e. The number of anilines is 1. The van der Waals surface area contributed by atoms with E-state index >= 15 is 0 Å². The number of carbonyl (C=O) groups is 2. The summed E-state index contributed by atoms with van der Waals surface area (Å²) in [5.41, 5.74) is 2.43. The van der Waals surface area contributed by atoms with Gasteiger partial charge in [-0.05, 0) is 35.4 Å². The Morgan fingerprint density at radius 1 is 1.13 bits per heavy atom. The molecule has 0 saturated heterocycles. The molecule has 1 unspecified atom stereocenters. The molecule has 3 aromatic rings. The van der Waals surface area contributed by atoms with E-state index in [1.54, 1.807) is 43.5 Å². The van der Waals surface area contributed by atoms with E-state index in [-0.39, 0.29) is 28.9 Å². The molecule has 1 amide bonds. The SMILES string of the molecule is COc1ccc(-c2c(C(=O)O)sc3c2NC(=O)CC3c2ccc(O)c(OC)c2)cc1. The second-order valence-electron chi connectivity index (χ2n) is 6.82. The number of fused-ring (bicyclic) bond motifs is 1. The van der Waals surface area contributed by atoms with Crippen LogP contribution >= 0.6 is 11.3 Å². The number of carbonyl (C=O) groups excluding carboxylic acids is 1. The molecule has 3 N–H and O–H groups in total. The number of benzene rings is 2. The summed E-state index contributed by atoms with van der Waals surface area (Å²) in [5.74, 6) is -0.666. The molecule has 8 heteroatoms. The maximum atomic E-state index is 12.5. The minimum atomic E-state index is -1.06. The standard InChI is InChI=1S/C22H19NO6S/c1-28-13-6-3-11(4-7-13)18-19-20(30-21(18)22(26)27)14(10-17(25)23-19)12-5-8-15(24)16(9-12)29-2/h3-9,14,24H,10H2,1-2H3,(H,23,25)(H,26,27). The van der Waals surface area contributed by atoms with Crippen LogP contribution in [0, 0.1) is 0 Å². The van der Waals surface area contributed by atoms with Gasteiger partial charge >= 0.3 is 5.97 Å². The molecule has 0 saturated carbocycles. The van der Waals surface area contributed by atoms with Crippen molar-refractivity contribution in [2.75, 3.05) is 19.5 Å². The summed E-state index contributed by atoms with van der Waals surface area (Å²) < 4.78 is 10.4. The number of rotatable bonds is 5. The third-order valence-corrected chi connectivity index (χ3v) is 6.38. The van der Waals surface area contributed by atoms with Crippen LogP contribution in [-0.4, -0.2) is 36.3 Å². The van der Waals surface area contributed by atoms with Crippen molar-refractivity contribution in [2.24, 2.45) is 0 Å². The van der Waals surface area contributed by atoms with Gasteiger partial charge in [-0.3, -0.25) is 4.79 Å². The Hall–Kier alpha value is -3.52. The number of aromatic carboxylic acids is 1. The molecule has 0 radical (unpaired) electrons. The number of hydrogen-bond donors (Lipinski definition) is 3. The predicted octanol–water partition coefficient (Wildman–Crippen LogP) is 4.31. The van der Waals surface area contributed by atoms with Crippen molar-refractivity contribution < 1.29 is 29.3 Å². The lowest BCUT2D eigenvalue weighted by molar-refractivity contribution is -0.116. The first-order chi connectivity index (χ1) is 14.4. The normalized spacial score (nSPS) is 15.3. The lowest BCUT2D eigenvalue weighted by Crippen LogP contribution is -2.22. The van der Waals surface area contributed by atoms with Crippen molar-refractivity contribution in [2.45, 2.75) is 12.3 Å². The molecule has 7 nitrogen and oxygen atoms in total. The van der Waals surface area contributed by atoms with E-state index in [4.69, 9.17) is 9.47 Å². The number of carboxylic acids is 1. The molecule has 0 spiro atoms. The maximum absolute atomic E-state index is 12.5. The zero-order valence-corrected chi connectivity index (χ0v) is 17.1. The molecule has 0 bridgehead atoms. The van der Waals surface area contributed by atoms with E-state index in [0.717, 1.165) is 21.8 Å². The summed E-state index contributed by atoms with van der Waals surface area (Å²) in [7, 11) is 3.01. The second-order valence-corrected chi connectivity index (χ2v) is 7.87. The fourth-order valence-electron chi connectivity index (χ4n) is 3.65. The van der Waals surface area contributed by atoms with Crippen molar-refractivity contribution in [1.82, 2.24) is 0 Å². The minimum Gasteiger partial charge on any atom is -0.504 e. The Labute approximate surface area is 176 Å². The third-order valence-electron chi connectivity index (χ3n) is 5.08. The number of methoxy groups -OCH3 is 2. The van der Waals surface area contributed by atoms with Gasteiger partial charge in [0.15, 0.2) is 11.5 Å². The number of hydrogen-bond acceptors (Lipinski definition) is 6. The molecule has 1 aromatic heterocycles. The highest BCUT2D eigenvalue weighted by Crippen LogP contribution is 2.50. The average molecular weight is 425 g/mol. The molecule has 4 rings (SSSR count). The van der Waals surface area contributed by atoms with Gasteiger partial charge in [0.25, 0.3) is 0 Å². The van der Waals surface area contributed by atoms with Crippen molar-refractivity contribution in [3.8, 4) is 28.4 Å². The van der Waals surface area contributed by atoms with E-state index in [0.29, 0.717) is 28.3 Å². The third kappa shape index (κ3) is 3.35. The Kier molecular flexibility index (Phi) is 5.09. The Morgan fingerprint density at radius 3 is 2.50 bits per heavy atom. The fraction of sp³-hybridized carbons (Fsp3) is 0.182. The van der Waals surface area contributed by atoms with E-state index in [1.807, 2.05) is 0 Å². The van der Waals surface area contributed by atoms with Gasteiger partial charge in [0.1, 0.15) is 10.6 Å². The zero-order chi connectivity index (χ0) is 21.4. The Bertz CT molecular complexity index is 1140. The van der Waals surface area contributed by atoms with Crippen molar-refractivity contribution >= 4 is 28.9 Å². The molecule has 0 aliphatic carbocycles. The van der Waals surface area contributed by atoms with Gasteiger partial charge in [-0.15, -0.1) is 11.3 Å². The van der Waals surface area contributed by atoms with E-state index in [9.17, 15) is 19.8 Å². The molecule has 1 aliphatic heterocycles. The first-order valence-corrected chi connectivity index (χ1v) is 9.95. The van der Waals surface area contributed by atoms with Crippen LogP contribution in [0.15, 0.2) is 42.5 Å². The molecule has 0 fully saturated rings. The molecule has 1 aliphatic rings. The maximum Gasteiger partial charge on any atom is 0.346 e. The van der Waals surface area contributed by atoms with Crippen LogP contribution in [0.25, 0.3) is 11.1 Å². The zero-order valence-electron chi connectivity index (χ0n) is 16.3. The lowest BCUT2D eigenvalue weighted by Gasteiger charge is -2.24. The van der Waals surface area contributed by atoms with Crippen LogP contribution in [0.3, 0.4) is 0 Å². The average Bonchev–Trinajstić information content (AvgIpc) is 3.13. The number of phenolic OH excluding ortho intramolecular Hbond substituents is 1. The summed E-state index contributed by atoms with van der Waals surface area (Å²) in [4.78, 5) is 25.5. The first-order valence-electron chi connectivity index (χ1n) is 9.14. The van der Waals surface area contributed by atoms with E-state index in [1.165, 1.54) is 13.2 Å². The smallest absolute Gasteiger partial charge is 0.346 e. The highest BCUT2D eigenvalue weighted by atomic mass is 32.1. The van der Waals surface area contributed by atoms with Gasteiger partial charge in [0.2, 0.25) is 5.91 Å². The van der Waals surface area contributed by atoms with E-state index in [2.05, 4.69) is 5.32 Å². The van der Waals surface area contributed by atoms with Crippen LogP contribution in [-0.2, 0) is 4.79 Å². The minimum absolute atomic E-state index is 0.00180. The molecule has 2 heterocycles. The predicted molar refractivity (Wildman–Crippen MR) is 113 cm³/mol. The summed E-state index contributed by atoms with van der Waals surface area (Å²) in [6, 6.07) is 11.9. The summed E-state index contributed by atoms with van der Waals surface area (Å²) in [6.45, 7) is 0. The Balaban J connectivity index is 1.89. The number of amides is 1.